The zero-order chi connectivity index (χ0) is 18.1. The molecule has 4 N–H and O–H groups in total. The Morgan fingerprint density at radius 2 is 1.25 bits per heavy atom. The fourth-order valence-electron chi connectivity index (χ4n) is 2.39. The molecule has 2 aromatic carbocycles. The standard InChI is InChI=1S/C16H14F6N2/c17-15(18,19)14(16(20,21)22)12-8-10(3-6-13(12)24)7-9-1-4-11(23)5-2-9/h1-6,8,14H,7,23-24H2. The SMILES string of the molecule is Nc1ccc(Cc2ccc(N)c(C(C(F)(F)F)C(F)(F)F)c2)cc1. The van der Waals surface area contributed by atoms with E-state index in [9.17, 15) is 26.3 Å². The summed E-state index contributed by atoms with van der Waals surface area (Å²) in [6.45, 7) is 0. The lowest BCUT2D eigenvalue weighted by atomic mass is 9.92. The van der Waals surface area contributed by atoms with Crippen molar-refractivity contribution in [2.75, 3.05) is 11.5 Å². The molecule has 8 heteroatoms. The van der Waals surface area contributed by atoms with Gasteiger partial charge in [0.2, 0.25) is 0 Å². The Balaban J connectivity index is 2.42. The lowest BCUT2D eigenvalue weighted by Crippen LogP contribution is -2.34. The first kappa shape index (κ1) is 18.0. The second-order valence-electron chi connectivity index (χ2n) is 5.40. The van der Waals surface area contributed by atoms with E-state index < -0.39 is 29.5 Å². The molecule has 0 heterocycles. The van der Waals surface area contributed by atoms with Gasteiger partial charge in [-0.1, -0.05) is 24.3 Å². The van der Waals surface area contributed by atoms with Crippen LogP contribution in [0.15, 0.2) is 42.5 Å². The van der Waals surface area contributed by atoms with Crippen molar-refractivity contribution in [2.45, 2.75) is 24.7 Å². The molecule has 0 saturated carbocycles. The fourth-order valence-corrected chi connectivity index (χ4v) is 2.39. The third kappa shape index (κ3) is 4.12. The van der Waals surface area contributed by atoms with Crippen LogP contribution in [-0.2, 0) is 6.42 Å². The van der Waals surface area contributed by atoms with E-state index in [1.165, 1.54) is 6.07 Å². The van der Waals surface area contributed by atoms with Gasteiger partial charge < -0.3 is 11.5 Å². The van der Waals surface area contributed by atoms with Crippen molar-refractivity contribution < 1.29 is 26.3 Å². The predicted molar refractivity (Wildman–Crippen MR) is 79.4 cm³/mol. The molecule has 0 aromatic heterocycles. The van der Waals surface area contributed by atoms with E-state index in [0.717, 1.165) is 12.1 Å². The Morgan fingerprint density at radius 3 is 1.75 bits per heavy atom. The average molecular weight is 348 g/mol. The van der Waals surface area contributed by atoms with Gasteiger partial charge in [-0.05, 0) is 41.3 Å². The van der Waals surface area contributed by atoms with Crippen LogP contribution < -0.4 is 11.5 Å². The van der Waals surface area contributed by atoms with Gasteiger partial charge in [0, 0.05) is 11.4 Å². The maximum absolute atomic E-state index is 12.9. The summed E-state index contributed by atoms with van der Waals surface area (Å²) in [7, 11) is 0. The van der Waals surface area contributed by atoms with Gasteiger partial charge in [0.05, 0.1) is 0 Å². The fraction of sp³-hybridized carbons (Fsp3) is 0.250. The van der Waals surface area contributed by atoms with Crippen molar-refractivity contribution in [2.24, 2.45) is 0 Å². The van der Waals surface area contributed by atoms with Crippen LogP contribution in [-0.4, -0.2) is 12.4 Å². The van der Waals surface area contributed by atoms with Gasteiger partial charge in [-0.15, -0.1) is 0 Å². The molecule has 0 saturated heterocycles. The summed E-state index contributed by atoms with van der Waals surface area (Å²) >= 11 is 0. The van der Waals surface area contributed by atoms with Crippen molar-refractivity contribution in [3.05, 3.63) is 59.2 Å². The highest BCUT2D eigenvalue weighted by atomic mass is 19.4. The summed E-state index contributed by atoms with van der Waals surface area (Å²) in [6.07, 6.45) is -10.8. The van der Waals surface area contributed by atoms with E-state index in [1.54, 1.807) is 24.3 Å². The molecule has 0 bridgehead atoms. The molecule has 0 radical (unpaired) electrons. The zero-order valence-electron chi connectivity index (χ0n) is 12.2. The number of hydrogen-bond donors (Lipinski definition) is 2. The van der Waals surface area contributed by atoms with Crippen LogP contribution in [0.3, 0.4) is 0 Å². The summed E-state index contributed by atoms with van der Waals surface area (Å²) in [5, 5.41) is 0. The molecular weight excluding hydrogens is 334 g/mol. The summed E-state index contributed by atoms with van der Waals surface area (Å²) in [6, 6.07) is 9.82. The molecule has 2 aromatic rings. The first-order chi connectivity index (χ1) is 11.0. The molecule has 0 spiro atoms. The van der Waals surface area contributed by atoms with Crippen molar-refractivity contribution >= 4 is 11.4 Å². The number of nitrogen functional groups attached to an aromatic ring is 2. The molecule has 0 unspecified atom stereocenters. The van der Waals surface area contributed by atoms with Gasteiger partial charge in [0.25, 0.3) is 0 Å². The molecular formula is C16H14F6N2. The molecule has 0 aliphatic carbocycles. The van der Waals surface area contributed by atoms with Crippen LogP contribution in [0.2, 0.25) is 0 Å². The first-order valence-corrected chi connectivity index (χ1v) is 6.84. The number of nitrogens with two attached hydrogens (primary N) is 2. The maximum atomic E-state index is 12.9. The van der Waals surface area contributed by atoms with Gasteiger partial charge in [-0.3, -0.25) is 0 Å². The smallest absolute Gasteiger partial charge is 0.399 e. The van der Waals surface area contributed by atoms with Crippen molar-refractivity contribution in [1.29, 1.82) is 0 Å². The number of rotatable bonds is 3. The zero-order valence-corrected chi connectivity index (χ0v) is 12.2. The summed E-state index contributed by atoms with van der Waals surface area (Å²) < 4.78 is 77.4. The van der Waals surface area contributed by atoms with E-state index in [0.29, 0.717) is 16.8 Å². The number of benzene rings is 2. The average Bonchev–Trinajstić information content (AvgIpc) is 2.42. The summed E-state index contributed by atoms with van der Waals surface area (Å²) in [4.78, 5) is 0. The van der Waals surface area contributed by atoms with Crippen LogP contribution in [0, 0.1) is 0 Å². The molecule has 0 aliphatic rings. The van der Waals surface area contributed by atoms with E-state index in [-0.39, 0.29) is 6.42 Å². The third-order valence-electron chi connectivity index (χ3n) is 3.50. The van der Waals surface area contributed by atoms with Crippen molar-refractivity contribution in [1.82, 2.24) is 0 Å². The Hall–Kier alpha value is -2.38. The lowest BCUT2D eigenvalue weighted by molar-refractivity contribution is -0.253. The number of halogens is 6. The molecule has 2 rings (SSSR count). The Bertz CT molecular complexity index is 690. The van der Waals surface area contributed by atoms with Crippen molar-refractivity contribution in [3.8, 4) is 0 Å². The maximum Gasteiger partial charge on any atom is 0.404 e. The van der Waals surface area contributed by atoms with Gasteiger partial charge in [0.15, 0.2) is 5.92 Å². The Labute approximate surface area is 134 Å². The molecule has 2 nitrogen and oxygen atoms in total. The molecule has 130 valence electrons. The highest BCUT2D eigenvalue weighted by molar-refractivity contribution is 5.52. The van der Waals surface area contributed by atoms with E-state index in [2.05, 4.69) is 0 Å². The van der Waals surface area contributed by atoms with E-state index >= 15 is 0 Å². The molecule has 0 amide bonds. The minimum Gasteiger partial charge on any atom is -0.399 e. The highest BCUT2D eigenvalue weighted by Crippen LogP contribution is 2.48. The van der Waals surface area contributed by atoms with Crippen LogP contribution in [0.4, 0.5) is 37.7 Å². The quantitative estimate of drug-likeness (QED) is 0.627. The van der Waals surface area contributed by atoms with Gasteiger partial charge in [-0.25, -0.2) is 0 Å². The Morgan fingerprint density at radius 1 is 0.750 bits per heavy atom. The first-order valence-electron chi connectivity index (χ1n) is 6.84. The monoisotopic (exact) mass is 348 g/mol. The van der Waals surface area contributed by atoms with Crippen LogP contribution in [0.25, 0.3) is 0 Å². The van der Waals surface area contributed by atoms with Gasteiger partial charge >= 0.3 is 12.4 Å². The summed E-state index contributed by atoms with van der Waals surface area (Å²) in [5.41, 5.74) is 10.9. The molecule has 24 heavy (non-hydrogen) atoms. The van der Waals surface area contributed by atoms with Crippen LogP contribution in [0.1, 0.15) is 22.6 Å². The summed E-state index contributed by atoms with van der Waals surface area (Å²) in [5.74, 6) is -3.61. The predicted octanol–water partition coefficient (Wildman–Crippen LogP) is 4.65. The minimum atomic E-state index is -5.48. The second-order valence-corrected chi connectivity index (χ2v) is 5.40. The Kier molecular flexibility index (Phi) is 4.68. The normalized spacial score (nSPS) is 12.6. The van der Waals surface area contributed by atoms with Crippen LogP contribution >= 0.6 is 0 Å². The number of anilines is 2. The third-order valence-corrected chi connectivity index (χ3v) is 3.50. The van der Waals surface area contributed by atoms with Gasteiger partial charge in [0.1, 0.15) is 0 Å². The molecule has 0 atom stereocenters. The van der Waals surface area contributed by atoms with Crippen LogP contribution in [0.5, 0.6) is 0 Å². The van der Waals surface area contributed by atoms with Crippen molar-refractivity contribution in [3.63, 3.8) is 0 Å². The lowest BCUT2D eigenvalue weighted by Gasteiger charge is -2.25. The topological polar surface area (TPSA) is 52.0 Å². The van der Waals surface area contributed by atoms with E-state index in [1.807, 2.05) is 0 Å². The second kappa shape index (κ2) is 6.26. The minimum absolute atomic E-state index is 0.163. The molecule has 0 aliphatic heterocycles. The van der Waals surface area contributed by atoms with E-state index in [4.69, 9.17) is 11.5 Å². The number of alkyl halides is 6. The largest absolute Gasteiger partial charge is 0.404 e. The number of hydrogen-bond acceptors (Lipinski definition) is 2. The highest BCUT2D eigenvalue weighted by Gasteiger charge is 2.58. The molecule has 0 fully saturated rings. The van der Waals surface area contributed by atoms with Gasteiger partial charge in [-0.2, -0.15) is 26.3 Å².